The molecular weight excluding hydrogens is 372 g/mol. The number of rotatable bonds is 8. The molecule has 0 saturated carbocycles. The average Bonchev–Trinajstić information content (AvgIpc) is 2.67. The summed E-state index contributed by atoms with van der Waals surface area (Å²) < 4.78 is 10.8. The molecule has 0 fully saturated rings. The van der Waals surface area contributed by atoms with E-state index in [2.05, 4.69) is 20.8 Å². The fourth-order valence-electron chi connectivity index (χ4n) is 2.20. The molecule has 2 aromatic rings. The van der Waals surface area contributed by atoms with Crippen molar-refractivity contribution >= 4 is 18.2 Å². The molecule has 0 aliphatic carbocycles. The van der Waals surface area contributed by atoms with Gasteiger partial charge in [-0.2, -0.15) is 5.10 Å². The van der Waals surface area contributed by atoms with Crippen LogP contribution in [0.4, 0.5) is 4.79 Å². The predicted molar refractivity (Wildman–Crippen MR) is 109 cm³/mol. The fraction of sp³-hybridized carbons (Fsp3) is 0.333. The van der Waals surface area contributed by atoms with Gasteiger partial charge in [0.15, 0.2) is 0 Å². The molecule has 0 spiro atoms. The van der Waals surface area contributed by atoms with E-state index in [1.54, 1.807) is 45.3 Å². The fourth-order valence-corrected chi connectivity index (χ4v) is 2.20. The van der Waals surface area contributed by atoms with Gasteiger partial charge in [-0.15, -0.1) is 0 Å². The number of aromatic nitrogens is 1. The van der Waals surface area contributed by atoms with E-state index in [4.69, 9.17) is 9.47 Å². The summed E-state index contributed by atoms with van der Waals surface area (Å²) in [5.74, 6) is -0.519. The Morgan fingerprint density at radius 3 is 2.48 bits per heavy atom. The van der Waals surface area contributed by atoms with Gasteiger partial charge in [-0.1, -0.05) is 30.3 Å². The maximum Gasteiger partial charge on any atom is 0.408 e. The monoisotopic (exact) mass is 398 g/mol. The lowest BCUT2D eigenvalue weighted by atomic mass is 10.2. The number of hydrogen-bond donors (Lipinski definition) is 2. The Labute approximate surface area is 170 Å². The normalized spacial score (nSPS) is 12.4. The van der Waals surface area contributed by atoms with Crippen molar-refractivity contribution in [3.8, 4) is 0 Å². The molecule has 1 unspecified atom stereocenters. The Morgan fingerprint density at radius 2 is 1.83 bits per heavy atom. The van der Waals surface area contributed by atoms with Crippen LogP contribution in [0.15, 0.2) is 60.0 Å². The van der Waals surface area contributed by atoms with Crippen LogP contribution in [-0.4, -0.2) is 41.4 Å². The van der Waals surface area contributed by atoms with Crippen molar-refractivity contribution < 1.29 is 19.1 Å². The third kappa shape index (κ3) is 8.98. The lowest BCUT2D eigenvalue weighted by Crippen LogP contribution is -2.49. The first-order chi connectivity index (χ1) is 13.8. The number of hydrogen-bond acceptors (Lipinski definition) is 6. The maximum absolute atomic E-state index is 12.5. The van der Waals surface area contributed by atoms with E-state index < -0.39 is 23.6 Å². The van der Waals surface area contributed by atoms with Gasteiger partial charge in [0.1, 0.15) is 11.6 Å². The number of pyridine rings is 1. The van der Waals surface area contributed by atoms with Crippen LogP contribution < -0.4 is 10.7 Å². The molecule has 1 atom stereocenters. The third-order valence-electron chi connectivity index (χ3n) is 3.50. The van der Waals surface area contributed by atoms with Crippen LogP contribution in [0.25, 0.3) is 0 Å². The van der Waals surface area contributed by atoms with E-state index in [9.17, 15) is 9.59 Å². The van der Waals surface area contributed by atoms with Gasteiger partial charge in [0.2, 0.25) is 0 Å². The molecule has 1 heterocycles. The maximum atomic E-state index is 12.5. The first-order valence-corrected chi connectivity index (χ1v) is 9.17. The highest BCUT2D eigenvalue weighted by atomic mass is 16.6. The van der Waals surface area contributed by atoms with Gasteiger partial charge in [-0.3, -0.25) is 9.78 Å². The highest BCUT2D eigenvalue weighted by Gasteiger charge is 2.24. The molecule has 0 saturated heterocycles. The number of nitrogens with zero attached hydrogens (tertiary/aromatic N) is 2. The zero-order valence-corrected chi connectivity index (χ0v) is 16.8. The van der Waals surface area contributed by atoms with Crippen LogP contribution in [0.2, 0.25) is 0 Å². The predicted octanol–water partition coefficient (Wildman–Crippen LogP) is 2.64. The quantitative estimate of drug-likeness (QED) is 0.526. The summed E-state index contributed by atoms with van der Waals surface area (Å²) in [5.41, 5.74) is 3.46. The van der Waals surface area contributed by atoms with Crippen LogP contribution in [0, 0.1) is 0 Å². The summed E-state index contributed by atoms with van der Waals surface area (Å²) in [5, 5.41) is 6.44. The average molecular weight is 398 g/mol. The largest absolute Gasteiger partial charge is 0.444 e. The van der Waals surface area contributed by atoms with Gasteiger partial charge in [0.25, 0.3) is 5.91 Å². The molecule has 0 bridgehead atoms. The van der Waals surface area contributed by atoms with Crippen molar-refractivity contribution in [2.75, 3.05) is 6.61 Å². The standard InChI is InChI=1S/C21H26N4O4/c1-21(2,3)29-20(27)24-18(15-28-14-17-7-5-4-6-8-17)19(26)25-23-13-16-9-11-22-12-10-16/h4-13,18H,14-15H2,1-3H3,(H,24,27)(H,25,26). The van der Waals surface area contributed by atoms with Gasteiger partial charge in [-0.05, 0) is 44.0 Å². The van der Waals surface area contributed by atoms with Gasteiger partial charge in [-0.25, -0.2) is 10.2 Å². The van der Waals surface area contributed by atoms with Crippen molar-refractivity contribution in [2.45, 2.75) is 39.0 Å². The van der Waals surface area contributed by atoms with E-state index in [1.807, 2.05) is 30.3 Å². The van der Waals surface area contributed by atoms with E-state index in [0.29, 0.717) is 6.61 Å². The zero-order chi connectivity index (χ0) is 21.1. The number of amides is 2. The summed E-state index contributed by atoms with van der Waals surface area (Å²) in [6.07, 6.45) is 4.01. The number of carbonyl (C=O) groups excluding carboxylic acids is 2. The van der Waals surface area contributed by atoms with Crippen molar-refractivity contribution in [3.05, 3.63) is 66.0 Å². The Balaban J connectivity index is 1.95. The summed E-state index contributed by atoms with van der Waals surface area (Å²) in [6, 6.07) is 12.0. The molecule has 2 rings (SSSR count). The second-order valence-corrected chi connectivity index (χ2v) is 7.21. The van der Waals surface area contributed by atoms with Crippen LogP contribution in [-0.2, 0) is 20.9 Å². The zero-order valence-electron chi connectivity index (χ0n) is 16.8. The smallest absolute Gasteiger partial charge is 0.408 e. The van der Waals surface area contributed by atoms with Gasteiger partial charge < -0.3 is 14.8 Å². The van der Waals surface area contributed by atoms with Gasteiger partial charge in [0.05, 0.1) is 19.4 Å². The minimum Gasteiger partial charge on any atom is -0.444 e. The van der Waals surface area contributed by atoms with Crippen molar-refractivity contribution in [3.63, 3.8) is 0 Å². The highest BCUT2D eigenvalue weighted by molar-refractivity contribution is 5.87. The summed E-state index contributed by atoms with van der Waals surface area (Å²) in [7, 11) is 0. The molecule has 0 radical (unpaired) electrons. The molecule has 1 aromatic carbocycles. The minimum atomic E-state index is -0.969. The number of alkyl carbamates (subject to hydrolysis) is 1. The number of nitrogens with one attached hydrogen (secondary N) is 2. The second-order valence-electron chi connectivity index (χ2n) is 7.21. The molecular formula is C21H26N4O4. The lowest BCUT2D eigenvalue weighted by molar-refractivity contribution is -0.124. The summed E-state index contributed by atoms with van der Waals surface area (Å²) >= 11 is 0. The Kier molecular flexibility index (Phi) is 8.29. The first-order valence-electron chi connectivity index (χ1n) is 9.17. The SMILES string of the molecule is CC(C)(C)OC(=O)NC(COCc1ccccc1)C(=O)NN=Cc1ccncc1. The van der Waals surface area contributed by atoms with E-state index >= 15 is 0 Å². The molecule has 2 amide bonds. The molecule has 8 heteroatoms. The molecule has 1 aromatic heterocycles. The Bertz CT molecular complexity index is 804. The second kappa shape index (κ2) is 10.9. The Hall–Kier alpha value is -3.26. The van der Waals surface area contributed by atoms with Crippen molar-refractivity contribution in [1.29, 1.82) is 0 Å². The molecule has 29 heavy (non-hydrogen) atoms. The van der Waals surface area contributed by atoms with Crippen LogP contribution in [0.3, 0.4) is 0 Å². The highest BCUT2D eigenvalue weighted by Crippen LogP contribution is 2.07. The van der Waals surface area contributed by atoms with E-state index in [0.717, 1.165) is 11.1 Å². The summed E-state index contributed by atoms with van der Waals surface area (Å²) in [4.78, 5) is 28.5. The van der Waals surface area contributed by atoms with Crippen LogP contribution in [0.1, 0.15) is 31.9 Å². The lowest BCUT2D eigenvalue weighted by Gasteiger charge is -2.22. The van der Waals surface area contributed by atoms with Crippen molar-refractivity contribution in [1.82, 2.24) is 15.7 Å². The van der Waals surface area contributed by atoms with E-state index in [-0.39, 0.29) is 6.61 Å². The number of ether oxygens (including phenoxy) is 2. The topological polar surface area (TPSA) is 102 Å². The number of benzene rings is 1. The van der Waals surface area contributed by atoms with Crippen molar-refractivity contribution in [2.24, 2.45) is 5.10 Å². The van der Waals surface area contributed by atoms with Crippen LogP contribution in [0.5, 0.6) is 0 Å². The molecule has 2 N–H and O–H groups in total. The Morgan fingerprint density at radius 1 is 1.14 bits per heavy atom. The number of hydrazone groups is 1. The number of carbonyl (C=O) groups is 2. The molecule has 0 aliphatic heterocycles. The first kappa shape index (κ1) is 22.0. The van der Waals surface area contributed by atoms with Gasteiger partial charge >= 0.3 is 6.09 Å². The van der Waals surface area contributed by atoms with E-state index in [1.165, 1.54) is 6.21 Å². The molecule has 154 valence electrons. The molecule has 0 aliphatic rings. The molecule has 8 nitrogen and oxygen atoms in total. The minimum absolute atomic E-state index is 0.0370. The van der Waals surface area contributed by atoms with Crippen LogP contribution >= 0.6 is 0 Å². The van der Waals surface area contributed by atoms with Gasteiger partial charge in [0, 0.05) is 12.4 Å². The third-order valence-corrected chi connectivity index (χ3v) is 3.50. The summed E-state index contributed by atoms with van der Waals surface area (Å²) in [6.45, 7) is 5.50.